The molecule has 0 fully saturated rings. The molecule has 0 heterocycles. The van der Waals surface area contributed by atoms with Gasteiger partial charge in [-0.25, -0.2) is 0 Å². The van der Waals surface area contributed by atoms with Crippen LogP contribution in [0.2, 0.25) is 0 Å². The van der Waals surface area contributed by atoms with Crippen LogP contribution >= 0.6 is 0 Å². The minimum absolute atomic E-state index is 0. The Kier molecular flexibility index (Phi) is 37.6. The van der Waals surface area contributed by atoms with E-state index in [9.17, 15) is 0 Å². The van der Waals surface area contributed by atoms with E-state index in [2.05, 4.69) is 13.8 Å². The molecule has 1 nitrogen and oxygen atoms in total. The number of halogens is 2. The average Bonchev–Trinajstić information content (AvgIpc) is 1.68. The molecular formula is C6H14Cl2MgO. The molecule has 1 unspecified atom stereocenters. The first-order chi connectivity index (χ1) is 3.31. The van der Waals surface area contributed by atoms with Crippen molar-refractivity contribution in [1.29, 1.82) is 0 Å². The molecule has 0 radical (unpaired) electrons. The molecule has 1 atom stereocenters. The Balaban J connectivity index is -0.0000000600. The van der Waals surface area contributed by atoms with Crippen LogP contribution in [0, 0.1) is 5.92 Å². The predicted octanol–water partition coefficient (Wildman–Crippen LogP) is -4.96. The second-order valence-electron chi connectivity index (χ2n) is 2.08. The molecule has 0 amide bonds. The Morgan fingerprint density at radius 1 is 1.30 bits per heavy atom. The number of hydrogen-bond donors (Lipinski definition) is 1. The SMILES string of the molecule is CCCC(C)CO.[Cl-].[Cl-].[Mg+2]. The molecule has 60 valence electrons. The normalized spacial score (nSPS) is 9.90. The first kappa shape index (κ1) is 22.5. The molecule has 0 bridgehead atoms. The van der Waals surface area contributed by atoms with Crippen LogP contribution in [0.5, 0.6) is 0 Å². The van der Waals surface area contributed by atoms with Crippen molar-refractivity contribution in [3.05, 3.63) is 0 Å². The molecule has 0 saturated heterocycles. The van der Waals surface area contributed by atoms with Gasteiger partial charge in [-0.3, -0.25) is 0 Å². The van der Waals surface area contributed by atoms with E-state index >= 15 is 0 Å². The maximum atomic E-state index is 8.47. The molecule has 1 N–H and O–H groups in total. The van der Waals surface area contributed by atoms with Gasteiger partial charge in [-0.1, -0.05) is 20.3 Å². The van der Waals surface area contributed by atoms with Crippen molar-refractivity contribution in [2.75, 3.05) is 6.61 Å². The molecule has 10 heavy (non-hydrogen) atoms. The van der Waals surface area contributed by atoms with Crippen molar-refractivity contribution in [3.63, 3.8) is 0 Å². The molecule has 4 heteroatoms. The predicted molar refractivity (Wildman–Crippen MR) is 36.9 cm³/mol. The number of aliphatic hydroxyl groups is 1. The monoisotopic (exact) mass is 196 g/mol. The summed E-state index contributed by atoms with van der Waals surface area (Å²) >= 11 is 0. The van der Waals surface area contributed by atoms with Gasteiger partial charge in [0.25, 0.3) is 0 Å². The zero-order valence-electron chi connectivity index (χ0n) is 6.61. The molecule has 0 spiro atoms. The first-order valence-corrected chi connectivity index (χ1v) is 2.92. The van der Waals surface area contributed by atoms with Gasteiger partial charge in [0.1, 0.15) is 0 Å². The van der Waals surface area contributed by atoms with Crippen molar-refractivity contribution in [3.8, 4) is 0 Å². The zero-order valence-corrected chi connectivity index (χ0v) is 9.53. The van der Waals surface area contributed by atoms with E-state index in [-0.39, 0.29) is 47.9 Å². The third-order valence-corrected chi connectivity index (χ3v) is 1.09. The van der Waals surface area contributed by atoms with Crippen molar-refractivity contribution >= 4 is 23.1 Å². The summed E-state index contributed by atoms with van der Waals surface area (Å²) in [6, 6.07) is 0. The Hall–Kier alpha value is 1.31. The van der Waals surface area contributed by atoms with E-state index in [1.807, 2.05) is 0 Å². The van der Waals surface area contributed by atoms with E-state index in [1.165, 1.54) is 6.42 Å². The molecule has 0 rings (SSSR count). The van der Waals surface area contributed by atoms with Crippen LogP contribution in [0.4, 0.5) is 0 Å². The van der Waals surface area contributed by atoms with Crippen molar-refractivity contribution < 1.29 is 29.9 Å². The summed E-state index contributed by atoms with van der Waals surface area (Å²) in [6.45, 7) is 4.53. The topological polar surface area (TPSA) is 20.2 Å². The maximum Gasteiger partial charge on any atom is 2.00 e. The number of rotatable bonds is 3. The van der Waals surface area contributed by atoms with Crippen LogP contribution in [0.1, 0.15) is 26.7 Å². The van der Waals surface area contributed by atoms with E-state index < -0.39 is 0 Å². The fourth-order valence-corrected chi connectivity index (χ4v) is 0.584. The van der Waals surface area contributed by atoms with E-state index in [0.29, 0.717) is 12.5 Å². The molecule has 0 aliphatic heterocycles. The third-order valence-electron chi connectivity index (χ3n) is 1.09. The van der Waals surface area contributed by atoms with Crippen LogP contribution in [0.25, 0.3) is 0 Å². The summed E-state index contributed by atoms with van der Waals surface area (Å²) in [6.07, 6.45) is 2.33. The van der Waals surface area contributed by atoms with Crippen LogP contribution < -0.4 is 24.8 Å². The second-order valence-corrected chi connectivity index (χ2v) is 2.08. The molecular weight excluding hydrogens is 183 g/mol. The molecule has 0 aliphatic rings. The van der Waals surface area contributed by atoms with Crippen molar-refractivity contribution in [1.82, 2.24) is 0 Å². The first-order valence-electron chi connectivity index (χ1n) is 2.92. The van der Waals surface area contributed by atoms with Gasteiger partial charge in [-0.2, -0.15) is 0 Å². The summed E-state index contributed by atoms with van der Waals surface area (Å²) < 4.78 is 0. The summed E-state index contributed by atoms with van der Waals surface area (Å²) in [5.41, 5.74) is 0. The van der Waals surface area contributed by atoms with E-state index in [1.54, 1.807) is 0 Å². The van der Waals surface area contributed by atoms with Gasteiger partial charge >= 0.3 is 23.1 Å². The van der Waals surface area contributed by atoms with E-state index in [0.717, 1.165) is 6.42 Å². The van der Waals surface area contributed by atoms with Gasteiger partial charge < -0.3 is 29.9 Å². The largest absolute Gasteiger partial charge is 2.00 e. The van der Waals surface area contributed by atoms with Gasteiger partial charge in [0.05, 0.1) is 0 Å². The summed E-state index contributed by atoms with van der Waals surface area (Å²) in [5, 5.41) is 8.47. The van der Waals surface area contributed by atoms with Gasteiger partial charge in [0.15, 0.2) is 0 Å². The quantitative estimate of drug-likeness (QED) is 0.450. The molecule has 0 aliphatic carbocycles. The minimum atomic E-state index is 0. The number of hydrogen-bond acceptors (Lipinski definition) is 1. The Labute approximate surface area is 91.9 Å². The van der Waals surface area contributed by atoms with Gasteiger partial charge in [-0.05, 0) is 12.3 Å². The Morgan fingerprint density at radius 3 is 1.80 bits per heavy atom. The standard InChI is InChI=1S/C6H14O.2ClH.Mg/c1-3-4-6(2)5-7;;;/h6-7H,3-5H2,1-2H3;2*1H;/q;;;+2/p-2. The fraction of sp³-hybridized carbons (Fsp3) is 1.00. The third kappa shape index (κ3) is 16.1. The van der Waals surface area contributed by atoms with Crippen LogP contribution in [-0.4, -0.2) is 34.8 Å². The van der Waals surface area contributed by atoms with Crippen LogP contribution in [0.15, 0.2) is 0 Å². The second kappa shape index (κ2) is 16.7. The molecule has 0 aromatic carbocycles. The maximum absolute atomic E-state index is 8.47. The van der Waals surface area contributed by atoms with Gasteiger partial charge in [-0.15, -0.1) is 0 Å². The fourth-order valence-electron chi connectivity index (χ4n) is 0.584. The summed E-state index contributed by atoms with van der Waals surface area (Å²) in [7, 11) is 0. The summed E-state index contributed by atoms with van der Waals surface area (Å²) in [5.74, 6) is 0.505. The van der Waals surface area contributed by atoms with Gasteiger partial charge in [0, 0.05) is 6.61 Å². The smallest absolute Gasteiger partial charge is 1.00 e. The molecule has 0 aromatic rings. The molecule has 0 aromatic heterocycles. The van der Waals surface area contributed by atoms with Gasteiger partial charge in [0.2, 0.25) is 0 Å². The number of aliphatic hydroxyl groups excluding tert-OH is 1. The summed E-state index contributed by atoms with van der Waals surface area (Å²) in [4.78, 5) is 0. The van der Waals surface area contributed by atoms with Crippen molar-refractivity contribution in [2.24, 2.45) is 5.92 Å². The van der Waals surface area contributed by atoms with E-state index in [4.69, 9.17) is 5.11 Å². The average molecular weight is 197 g/mol. The van der Waals surface area contributed by atoms with Crippen molar-refractivity contribution in [2.45, 2.75) is 26.7 Å². The Bertz CT molecular complexity index is 46.7. The zero-order chi connectivity index (χ0) is 5.70. The minimum Gasteiger partial charge on any atom is -1.00 e. The van der Waals surface area contributed by atoms with Crippen LogP contribution in [0.3, 0.4) is 0 Å². The molecule has 0 saturated carbocycles. The van der Waals surface area contributed by atoms with Crippen LogP contribution in [-0.2, 0) is 0 Å². The Morgan fingerprint density at radius 2 is 1.70 bits per heavy atom.